The van der Waals surface area contributed by atoms with Crippen molar-refractivity contribution in [2.45, 2.75) is 38.6 Å². The third kappa shape index (κ3) is 6.95. The van der Waals surface area contributed by atoms with Gasteiger partial charge < -0.3 is 10.2 Å². The number of aryl methyl sites for hydroxylation is 1. The van der Waals surface area contributed by atoms with E-state index in [1.807, 2.05) is 50.2 Å². The molecule has 156 valence electrons. The Balaban J connectivity index is 2.10. The van der Waals surface area contributed by atoms with Crippen LogP contribution in [-0.4, -0.2) is 35.6 Å². The number of nitrogens with zero attached hydrogens (tertiary/aromatic N) is 1. The Labute approximate surface area is 187 Å². The number of hydrogen-bond acceptors (Lipinski definition) is 3. The first-order chi connectivity index (χ1) is 13.8. The van der Waals surface area contributed by atoms with Gasteiger partial charge in [0.1, 0.15) is 6.04 Å². The van der Waals surface area contributed by atoms with Gasteiger partial charge >= 0.3 is 0 Å². The highest BCUT2D eigenvalue weighted by atomic mass is 35.5. The Morgan fingerprint density at radius 3 is 2.48 bits per heavy atom. The van der Waals surface area contributed by atoms with Crippen LogP contribution in [0.5, 0.6) is 0 Å². The summed E-state index contributed by atoms with van der Waals surface area (Å²) in [6.07, 6.45) is 0.550. The highest BCUT2D eigenvalue weighted by Gasteiger charge is 2.27. The van der Waals surface area contributed by atoms with Gasteiger partial charge in [-0.15, -0.1) is 11.8 Å². The Hall–Kier alpha value is -1.69. The SMILES string of the molecule is CC[C@H](C(=O)NC)N(Cc1cccc(C)c1)C(=O)CSCc1ccc(Cl)c(Cl)c1. The number of carbonyl (C=O) groups is 2. The molecule has 0 aliphatic rings. The molecule has 0 bridgehead atoms. The van der Waals surface area contributed by atoms with Gasteiger partial charge in [-0.3, -0.25) is 9.59 Å². The maximum Gasteiger partial charge on any atom is 0.242 e. The molecule has 0 spiro atoms. The van der Waals surface area contributed by atoms with Gasteiger partial charge in [0.05, 0.1) is 15.8 Å². The lowest BCUT2D eigenvalue weighted by atomic mass is 10.1. The van der Waals surface area contributed by atoms with Crippen LogP contribution < -0.4 is 5.32 Å². The Bertz CT molecular complexity index is 860. The molecule has 2 aromatic carbocycles. The molecule has 0 saturated carbocycles. The second-order valence-corrected chi connectivity index (χ2v) is 8.59. The van der Waals surface area contributed by atoms with Crippen molar-refractivity contribution < 1.29 is 9.59 Å². The van der Waals surface area contributed by atoms with Gasteiger partial charge in [-0.05, 0) is 36.6 Å². The number of nitrogens with one attached hydrogen (secondary N) is 1. The van der Waals surface area contributed by atoms with Crippen molar-refractivity contribution in [1.82, 2.24) is 10.2 Å². The van der Waals surface area contributed by atoms with Crippen molar-refractivity contribution in [2.24, 2.45) is 0 Å². The molecule has 0 aliphatic heterocycles. The van der Waals surface area contributed by atoms with E-state index in [2.05, 4.69) is 5.32 Å². The van der Waals surface area contributed by atoms with Crippen LogP contribution >= 0.6 is 35.0 Å². The van der Waals surface area contributed by atoms with Crippen LogP contribution in [0.1, 0.15) is 30.0 Å². The zero-order chi connectivity index (χ0) is 21.4. The smallest absolute Gasteiger partial charge is 0.242 e. The largest absolute Gasteiger partial charge is 0.357 e. The number of benzene rings is 2. The summed E-state index contributed by atoms with van der Waals surface area (Å²) in [6.45, 7) is 4.33. The maximum absolute atomic E-state index is 13.0. The first-order valence-electron chi connectivity index (χ1n) is 9.44. The van der Waals surface area contributed by atoms with Crippen LogP contribution in [0.2, 0.25) is 10.0 Å². The fourth-order valence-electron chi connectivity index (χ4n) is 3.06. The summed E-state index contributed by atoms with van der Waals surface area (Å²) in [7, 11) is 1.60. The molecule has 0 saturated heterocycles. The van der Waals surface area contributed by atoms with E-state index in [9.17, 15) is 9.59 Å². The fourth-order valence-corrected chi connectivity index (χ4v) is 4.24. The molecule has 1 N–H and O–H groups in total. The summed E-state index contributed by atoms with van der Waals surface area (Å²) in [5, 5.41) is 3.69. The first-order valence-corrected chi connectivity index (χ1v) is 11.3. The molecular formula is C22H26Cl2N2O2S. The van der Waals surface area contributed by atoms with E-state index < -0.39 is 6.04 Å². The van der Waals surface area contributed by atoms with E-state index in [-0.39, 0.29) is 17.6 Å². The normalized spacial score (nSPS) is 11.8. The van der Waals surface area contributed by atoms with Gasteiger partial charge in [-0.25, -0.2) is 0 Å². The molecule has 2 rings (SSSR count). The average molecular weight is 453 g/mol. The van der Waals surface area contributed by atoms with Crippen LogP contribution in [0.3, 0.4) is 0 Å². The monoisotopic (exact) mass is 452 g/mol. The van der Waals surface area contributed by atoms with Gasteiger partial charge in [0.15, 0.2) is 0 Å². The van der Waals surface area contributed by atoms with Gasteiger partial charge in [0.2, 0.25) is 11.8 Å². The molecule has 0 unspecified atom stereocenters. The van der Waals surface area contributed by atoms with Crippen molar-refractivity contribution in [3.63, 3.8) is 0 Å². The minimum absolute atomic E-state index is 0.0629. The summed E-state index contributed by atoms with van der Waals surface area (Å²) in [6, 6.07) is 13.0. The minimum atomic E-state index is -0.501. The number of likely N-dealkylation sites (N-methyl/N-ethyl adjacent to an activating group) is 1. The third-order valence-electron chi connectivity index (χ3n) is 4.55. The number of carbonyl (C=O) groups excluding carboxylic acids is 2. The molecule has 2 aromatic rings. The molecule has 1 atom stereocenters. The van der Waals surface area contributed by atoms with Crippen molar-refractivity contribution in [2.75, 3.05) is 12.8 Å². The highest BCUT2D eigenvalue weighted by Crippen LogP contribution is 2.25. The zero-order valence-electron chi connectivity index (χ0n) is 16.9. The second-order valence-electron chi connectivity index (χ2n) is 6.79. The van der Waals surface area contributed by atoms with E-state index in [0.29, 0.717) is 28.8 Å². The molecule has 4 nitrogen and oxygen atoms in total. The van der Waals surface area contributed by atoms with Gasteiger partial charge in [-0.2, -0.15) is 0 Å². The summed E-state index contributed by atoms with van der Waals surface area (Å²) < 4.78 is 0. The molecular weight excluding hydrogens is 427 g/mol. The van der Waals surface area contributed by atoms with Crippen LogP contribution in [0, 0.1) is 6.92 Å². The van der Waals surface area contributed by atoms with Crippen molar-refractivity contribution in [3.05, 3.63) is 69.2 Å². The topological polar surface area (TPSA) is 49.4 Å². The standard InChI is InChI=1S/C22H26Cl2N2O2S/c1-4-20(22(28)25-3)26(12-16-7-5-6-15(2)10-16)21(27)14-29-13-17-8-9-18(23)19(24)11-17/h5-11,20H,4,12-14H2,1-3H3,(H,25,28)/t20-/m1/s1. The van der Waals surface area contributed by atoms with E-state index in [4.69, 9.17) is 23.2 Å². The summed E-state index contributed by atoms with van der Waals surface area (Å²) in [4.78, 5) is 27.1. The Morgan fingerprint density at radius 1 is 1.10 bits per heavy atom. The van der Waals surface area contributed by atoms with E-state index in [0.717, 1.165) is 16.7 Å². The van der Waals surface area contributed by atoms with Crippen molar-refractivity contribution in [1.29, 1.82) is 0 Å². The van der Waals surface area contributed by atoms with Gasteiger partial charge in [0, 0.05) is 19.3 Å². The number of amides is 2. The van der Waals surface area contributed by atoms with Gasteiger partial charge in [0.25, 0.3) is 0 Å². The number of hydrogen-bond donors (Lipinski definition) is 1. The maximum atomic E-state index is 13.0. The Kier molecular flexibility index (Phi) is 9.34. The van der Waals surface area contributed by atoms with Crippen molar-refractivity contribution >= 4 is 46.8 Å². The molecule has 0 fully saturated rings. The molecule has 29 heavy (non-hydrogen) atoms. The van der Waals surface area contributed by atoms with Crippen LogP contribution in [0.4, 0.5) is 0 Å². The molecule has 2 amide bonds. The molecule has 0 heterocycles. The molecule has 7 heteroatoms. The number of rotatable bonds is 9. The van der Waals surface area contributed by atoms with E-state index >= 15 is 0 Å². The lowest BCUT2D eigenvalue weighted by Gasteiger charge is -2.30. The van der Waals surface area contributed by atoms with E-state index in [1.165, 1.54) is 11.8 Å². The third-order valence-corrected chi connectivity index (χ3v) is 6.27. The van der Waals surface area contributed by atoms with Gasteiger partial charge in [-0.1, -0.05) is 66.0 Å². The zero-order valence-corrected chi connectivity index (χ0v) is 19.2. The number of thioether (sulfide) groups is 1. The lowest BCUT2D eigenvalue weighted by Crippen LogP contribution is -2.48. The molecule has 0 aliphatic carbocycles. The average Bonchev–Trinajstić information content (AvgIpc) is 2.70. The van der Waals surface area contributed by atoms with Crippen LogP contribution in [0.25, 0.3) is 0 Å². The predicted molar refractivity (Wildman–Crippen MR) is 122 cm³/mol. The molecule has 0 aromatic heterocycles. The summed E-state index contributed by atoms with van der Waals surface area (Å²) in [5.41, 5.74) is 3.13. The molecule has 0 radical (unpaired) electrons. The minimum Gasteiger partial charge on any atom is -0.357 e. The predicted octanol–water partition coefficient (Wildman–Crippen LogP) is 5.09. The lowest BCUT2D eigenvalue weighted by molar-refractivity contribution is -0.139. The highest BCUT2D eigenvalue weighted by molar-refractivity contribution is 7.99. The Morgan fingerprint density at radius 2 is 1.86 bits per heavy atom. The second kappa shape index (κ2) is 11.5. The van der Waals surface area contributed by atoms with Crippen LogP contribution in [0.15, 0.2) is 42.5 Å². The fraction of sp³-hybridized carbons (Fsp3) is 0.364. The summed E-state index contributed by atoms with van der Waals surface area (Å²) in [5.74, 6) is 0.701. The number of halogens is 2. The van der Waals surface area contributed by atoms with Crippen molar-refractivity contribution in [3.8, 4) is 0 Å². The quantitative estimate of drug-likeness (QED) is 0.576. The summed E-state index contributed by atoms with van der Waals surface area (Å²) >= 11 is 13.5. The first kappa shape index (κ1) is 23.6. The van der Waals surface area contributed by atoms with E-state index in [1.54, 1.807) is 18.0 Å². The van der Waals surface area contributed by atoms with Crippen LogP contribution in [-0.2, 0) is 21.9 Å².